The van der Waals surface area contributed by atoms with Gasteiger partial charge in [-0.3, -0.25) is 0 Å². The van der Waals surface area contributed by atoms with Crippen LogP contribution in [0.1, 0.15) is 72.1 Å². The number of rotatable bonds is 6. The Morgan fingerprint density at radius 2 is 1.64 bits per heavy atom. The number of aryl methyl sites for hydroxylation is 1. The van der Waals surface area contributed by atoms with E-state index in [-0.39, 0.29) is 0 Å². The maximum Gasteiger partial charge on any atom is 0.0536 e. The zero-order valence-electron chi connectivity index (χ0n) is 16.0. The number of hydrogen-bond acceptors (Lipinski definition) is 1. The monoisotopic (exact) mass is 303 g/mol. The summed E-state index contributed by atoms with van der Waals surface area (Å²) in [6.07, 6.45) is 7.51. The zero-order chi connectivity index (χ0) is 17.4. The molecule has 0 spiro atoms. The molecule has 0 aliphatic carbocycles. The Morgan fingerprint density at radius 3 is 2.09 bits per heavy atom. The normalized spacial score (nSPS) is 12.1. The van der Waals surface area contributed by atoms with Gasteiger partial charge in [0, 0.05) is 0 Å². The minimum atomic E-state index is 0.321. The van der Waals surface area contributed by atoms with Gasteiger partial charge in [-0.15, -0.1) is 0 Å². The van der Waals surface area contributed by atoms with Crippen LogP contribution in [0.5, 0.6) is 0 Å². The molecule has 1 aromatic rings. The summed E-state index contributed by atoms with van der Waals surface area (Å²) >= 11 is 0. The highest BCUT2D eigenvalue weighted by Crippen LogP contribution is 2.22. The Morgan fingerprint density at radius 1 is 1.09 bits per heavy atom. The van der Waals surface area contributed by atoms with E-state index in [0.29, 0.717) is 6.04 Å². The van der Waals surface area contributed by atoms with Crippen LogP contribution in [-0.4, -0.2) is 6.54 Å². The molecule has 22 heavy (non-hydrogen) atoms. The van der Waals surface area contributed by atoms with Crippen LogP contribution in [0.25, 0.3) is 0 Å². The molecule has 1 N–H and O–H groups in total. The number of allylic oxidation sites excluding steroid dienone is 3. The molecule has 0 aromatic heterocycles. The molecule has 1 aromatic carbocycles. The predicted octanol–water partition coefficient (Wildman–Crippen LogP) is 6.61. The Kier molecular flexibility index (Phi) is 16.7. The second-order valence-corrected chi connectivity index (χ2v) is 4.73. The summed E-state index contributed by atoms with van der Waals surface area (Å²) in [4.78, 5) is 0. The fourth-order valence-electron chi connectivity index (χ4n) is 1.93. The minimum absolute atomic E-state index is 0.321. The Bertz CT molecular complexity index is 398. The fraction of sp³-hybridized carbons (Fsp3) is 0.524. The van der Waals surface area contributed by atoms with Crippen molar-refractivity contribution in [1.82, 2.24) is 5.32 Å². The lowest BCUT2D eigenvalue weighted by molar-refractivity contribution is 0.590. The summed E-state index contributed by atoms with van der Waals surface area (Å²) in [6, 6.07) is 9.12. The van der Waals surface area contributed by atoms with Gasteiger partial charge in [0.1, 0.15) is 0 Å². The molecule has 1 atom stereocenters. The molecule has 0 amide bonds. The molecule has 1 unspecified atom stereocenters. The molecule has 1 rings (SSSR count). The molecule has 0 bridgehead atoms. The van der Waals surface area contributed by atoms with Crippen LogP contribution in [0.3, 0.4) is 0 Å². The molecule has 126 valence electrons. The van der Waals surface area contributed by atoms with Crippen molar-refractivity contribution < 1.29 is 0 Å². The van der Waals surface area contributed by atoms with Gasteiger partial charge in [0.25, 0.3) is 0 Å². The van der Waals surface area contributed by atoms with Gasteiger partial charge in [-0.1, -0.05) is 88.2 Å². The van der Waals surface area contributed by atoms with Crippen molar-refractivity contribution in [2.75, 3.05) is 6.54 Å². The summed E-state index contributed by atoms with van der Waals surface area (Å²) < 4.78 is 0. The van der Waals surface area contributed by atoms with Gasteiger partial charge in [-0.25, -0.2) is 0 Å². The zero-order valence-corrected chi connectivity index (χ0v) is 16.0. The van der Waals surface area contributed by atoms with Crippen molar-refractivity contribution in [1.29, 1.82) is 0 Å². The molecule has 0 aliphatic rings. The third kappa shape index (κ3) is 9.57. The van der Waals surface area contributed by atoms with Gasteiger partial charge in [-0.05, 0) is 39.3 Å². The average molecular weight is 304 g/mol. The summed E-state index contributed by atoms with van der Waals surface area (Å²) in [5, 5.41) is 3.61. The average Bonchev–Trinajstić information content (AvgIpc) is 2.58. The molecule has 0 aliphatic heterocycles. The Hall–Kier alpha value is -1.34. The molecule has 1 heteroatoms. The van der Waals surface area contributed by atoms with Crippen molar-refractivity contribution in [3.8, 4) is 0 Å². The van der Waals surface area contributed by atoms with Gasteiger partial charge < -0.3 is 5.32 Å². The van der Waals surface area contributed by atoms with Crippen molar-refractivity contribution >= 4 is 0 Å². The molecule has 0 radical (unpaired) electrons. The minimum Gasteiger partial charge on any atom is -0.307 e. The van der Waals surface area contributed by atoms with Crippen LogP contribution in [0.4, 0.5) is 0 Å². The molecule has 0 heterocycles. The highest BCUT2D eigenvalue weighted by atomic mass is 14.9. The van der Waals surface area contributed by atoms with Gasteiger partial charge in [0.2, 0.25) is 0 Å². The van der Waals surface area contributed by atoms with Crippen molar-refractivity contribution in [2.24, 2.45) is 0 Å². The lowest BCUT2D eigenvalue weighted by Crippen LogP contribution is -2.23. The van der Waals surface area contributed by atoms with E-state index >= 15 is 0 Å². The third-order valence-electron chi connectivity index (χ3n) is 3.02. The van der Waals surface area contributed by atoms with E-state index in [1.165, 1.54) is 16.7 Å². The molecule has 1 nitrogen and oxygen atoms in total. The maximum atomic E-state index is 3.61. The van der Waals surface area contributed by atoms with Gasteiger partial charge in [0.15, 0.2) is 0 Å². The van der Waals surface area contributed by atoms with E-state index < -0.39 is 0 Å². The van der Waals surface area contributed by atoms with Crippen molar-refractivity contribution in [3.63, 3.8) is 0 Å². The van der Waals surface area contributed by atoms with Crippen molar-refractivity contribution in [3.05, 3.63) is 59.2 Å². The first kappa shape index (κ1) is 22.9. The maximum absolute atomic E-state index is 3.61. The van der Waals surface area contributed by atoms with Crippen LogP contribution < -0.4 is 5.32 Å². The van der Waals surface area contributed by atoms with E-state index in [9.17, 15) is 0 Å². The van der Waals surface area contributed by atoms with E-state index in [4.69, 9.17) is 0 Å². The smallest absolute Gasteiger partial charge is 0.0536 e. The topological polar surface area (TPSA) is 12.0 Å². The Balaban J connectivity index is 0. The number of nitrogens with one attached hydrogen (secondary N) is 1. The summed E-state index contributed by atoms with van der Waals surface area (Å²) in [5.74, 6) is 0. The largest absolute Gasteiger partial charge is 0.307 e. The number of benzene rings is 1. The standard InChI is InChI=1S/C17H25N.2C2H6/c1-5-7-8-15(4)17(18-13-6-2)16-11-9-14(3)10-12-16;2*1-2/h5,7-12,17-18H,6,13H2,1-4H3;2*1-2H3/b7-5-,15-8+;;. The fourth-order valence-corrected chi connectivity index (χ4v) is 1.93. The van der Waals surface area contributed by atoms with Crippen LogP contribution >= 0.6 is 0 Å². The lowest BCUT2D eigenvalue weighted by atomic mass is 9.98. The van der Waals surface area contributed by atoms with Gasteiger partial charge >= 0.3 is 0 Å². The van der Waals surface area contributed by atoms with Gasteiger partial charge in [-0.2, -0.15) is 0 Å². The third-order valence-corrected chi connectivity index (χ3v) is 3.02. The van der Waals surface area contributed by atoms with E-state index in [1.807, 2.05) is 34.6 Å². The second-order valence-electron chi connectivity index (χ2n) is 4.73. The molecular weight excluding hydrogens is 266 g/mol. The highest BCUT2D eigenvalue weighted by Gasteiger charge is 2.11. The van der Waals surface area contributed by atoms with Crippen LogP contribution in [-0.2, 0) is 0 Å². The summed E-state index contributed by atoms with van der Waals surface area (Å²) in [7, 11) is 0. The lowest BCUT2D eigenvalue weighted by Gasteiger charge is -2.20. The first-order valence-corrected chi connectivity index (χ1v) is 8.78. The first-order chi connectivity index (χ1) is 10.7. The van der Waals surface area contributed by atoms with Gasteiger partial charge in [0.05, 0.1) is 6.04 Å². The first-order valence-electron chi connectivity index (χ1n) is 8.78. The highest BCUT2D eigenvalue weighted by molar-refractivity contribution is 5.31. The number of hydrogen-bond donors (Lipinski definition) is 1. The van der Waals surface area contributed by atoms with Crippen LogP contribution in [0.15, 0.2) is 48.1 Å². The molecule has 0 saturated heterocycles. The summed E-state index contributed by atoms with van der Waals surface area (Å²) in [5.41, 5.74) is 4.00. The van der Waals surface area contributed by atoms with E-state index in [2.05, 4.69) is 68.6 Å². The molecule has 0 fully saturated rings. The van der Waals surface area contributed by atoms with Crippen LogP contribution in [0, 0.1) is 6.92 Å². The summed E-state index contributed by atoms with van der Waals surface area (Å²) in [6.45, 7) is 17.6. The Labute approximate surface area is 139 Å². The van der Waals surface area contributed by atoms with Crippen LogP contribution in [0.2, 0.25) is 0 Å². The van der Waals surface area contributed by atoms with Crippen molar-refractivity contribution in [2.45, 2.75) is 67.9 Å². The predicted molar refractivity (Wildman–Crippen MR) is 103 cm³/mol. The quantitative estimate of drug-likeness (QED) is 0.583. The van der Waals surface area contributed by atoms with E-state index in [1.54, 1.807) is 0 Å². The molecule has 0 saturated carbocycles. The SMILES string of the molecule is C/C=C\C=C(/C)C(NCCC)c1ccc(C)cc1.CC.CC. The van der Waals surface area contributed by atoms with E-state index in [0.717, 1.165) is 13.0 Å². The second kappa shape index (κ2) is 16.0. The molecular formula is C21H37N.